The van der Waals surface area contributed by atoms with Crippen LogP contribution in [0.3, 0.4) is 0 Å². The minimum Gasteiger partial charge on any atom is -0.330 e. The van der Waals surface area contributed by atoms with Gasteiger partial charge in [0.1, 0.15) is 0 Å². The zero-order valence-electron chi connectivity index (χ0n) is 12.6. The van der Waals surface area contributed by atoms with E-state index in [-0.39, 0.29) is 0 Å². The largest absolute Gasteiger partial charge is 0.330 e. The fourth-order valence-electron chi connectivity index (χ4n) is 2.77. The molecule has 0 spiro atoms. The summed E-state index contributed by atoms with van der Waals surface area (Å²) in [6, 6.07) is 9.14. The first-order valence-electron chi connectivity index (χ1n) is 7.64. The van der Waals surface area contributed by atoms with E-state index in [4.69, 9.17) is 11.6 Å². The first kappa shape index (κ1) is 14.6. The Morgan fingerprint density at radius 2 is 2.00 bits per heavy atom. The lowest BCUT2D eigenvalue weighted by Crippen LogP contribution is -2.26. The summed E-state index contributed by atoms with van der Waals surface area (Å²) in [6.07, 6.45) is 6.51. The molecule has 3 rings (SSSR count). The van der Waals surface area contributed by atoms with Crippen molar-refractivity contribution < 1.29 is 0 Å². The number of hydrogen-bond acceptors (Lipinski definition) is 2. The lowest BCUT2D eigenvalue weighted by molar-refractivity contribution is 0.404. The van der Waals surface area contributed by atoms with E-state index in [2.05, 4.69) is 40.8 Å². The number of imidazole rings is 1. The average molecular weight is 304 g/mol. The highest BCUT2D eigenvalue weighted by Crippen LogP contribution is 2.35. The Labute approximate surface area is 131 Å². The molecule has 3 nitrogen and oxygen atoms in total. The molecule has 1 aromatic carbocycles. The molecule has 0 bridgehead atoms. The molecule has 21 heavy (non-hydrogen) atoms. The predicted octanol–water partition coefficient (Wildman–Crippen LogP) is 4.36. The van der Waals surface area contributed by atoms with E-state index in [1.807, 2.05) is 24.7 Å². The zero-order valence-corrected chi connectivity index (χ0v) is 13.3. The molecule has 0 amide bonds. The van der Waals surface area contributed by atoms with Crippen molar-refractivity contribution in [2.45, 2.75) is 45.3 Å². The maximum Gasteiger partial charge on any atom is 0.0951 e. The van der Waals surface area contributed by atoms with E-state index in [0.29, 0.717) is 18.0 Å². The maximum atomic E-state index is 5.98. The lowest BCUT2D eigenvalue weighted by atomic mass is 9.96. The number of rotatable bonds is 6. The van der Waals surface area contributed by atoms with E-state index in [1.54, 1.807) is 0 Å². The van der Waals surface area contributed by atoms with Crippen LogP contribution in [0.25, 0.3) is 0 Å². The van der Waals surface area contributed by atoms with Gasteiger partial charge in [-0.2, -0.15) is 0 Å². The number of nitrogens with zero attached hydrogens (tertiary/aromatic N) is 2. The van der Waals surface area contributed by atoms with Crippen molar-refractivity contribution in [1.29, 1.82) is 0 Å². The Hall–Kier alpha value is -1.32. The molecule has 1 N–H and O–H groups in total. The minimum absolute atomic E-state index is 0.324. The fraction of sp³-hybridized carbons (Fsp3) is 0.471. The van der Waals surface area contributed by atoms with Gasteiger partial charge in [-0.3, -0.25) is 0 Å². The second-order valence-corrected chi connectivity index (χ2v) is 6.61. The lowest BCUT2D eigenvalue weighted by Gasteiger charge is -2.23. The smallest absolute Gasteiger partial charge is 0.0951 e. The fourth-order valence-corrected chi connectivity index (χ4v) is 2.90. The van der Waals surface area contributed by atoms with Gasteiger partial charge in [0.05, 0.1) is 12.0 Å². The topological polar surface area (TPSA) is 29.9 Å². The second-order valence-electron chi connectivity index (χ2n) is 6.18. The second kappa shape index (κ2) is 6.20. The Kier molecular flexibility index (Phi) is 4.32. The third kappa shape index (κ3) is 3.47. The number of aromatic nitrogens is 2. The van der Waals surface area contributed by atoms with Crippen LogP contribution in [0.15, 0.2) is 36.8 Å². The predicted molar refractivity (Wildman–Crippen MR) is 86.4 cm³/mol. The van der Waals surface area contributed by atoms with Crippen LogP contribution in [0, 0.1) is 5.92 Å². The van der Waals surface area contributed by atoms with Gasteiger partial charge in [-0.25, -0.2) is 4.98 Å². The summed E-state index contributed by atoms with van der Waals surface area (Å²) >= 11 is 5.98. The van der Waals surface area contributed by atoms with Crippen molar-refractivity contribution in [2.75, 3.05) is 0 Å². The normalized spacial score (nSPS) is 16.4. The van der Waals surface area contributed by atoms with Crippen LogP contribution in [0.2, 0.25) is 5.02 Å². The highest BCUT2D eigenvalue weighted by atomic mass is 35.5. The average Bonchev–Trinajstić information content (AvgIpc) is 3.20. The van der Waals surface area contributed by atoms with Crippen molar-refractivity contribution in [3.8, 4) is 0 Å². The van der Waals surface area contributed by atoms with Gasteiger partial charge in [0.25, 0.3) is 0 Å². The highest BCUT2D eigenvalue weighted by molar-refractivity contribution is 6.30. The third-order valence-electron chi connectivity index (χ3n) is 4.09. The molecular formula is C17H22ClN3. The highest BCUT2D eigenvalue weighted by Gasteiger charge is 2.25. The van der Waals surface area contributed by atoms with Gasteiger partial charge in [0.15, 0.2) is 0 Å². The van der Waals surface area contributed by atoms with Crippen LogP contribution < -0.4 is 5.32 Å². The van der Waals surface area contributed by atoms with E-state index >= 15 is 0 Å². The summed E-state index contributed by atoms with van der Waals surface area (Å²) < 4.78 is 2.31. The van der Waals surface area contributed by atoms with Crippen LogP contribution in [0.5, 0.6) is 0 Å². The van der Waals surface area contributed by atoms with Gasteiger partial charge in [0.2, 0.25) is 0 Å². The first-order chi connectivity index (χ1) is 10.1. The summed E-state index contributed by atoms with van der Waals surface area (Å²) in [7, 11) is 0. The Morgan fingerprint density at radius 3 is 2.62 bits per heavy atom. The van der Waals surface area contributed by atoms with E-state index in [0.717, 1.165) is 11.6 Å². The van der Waals surface area contributed by atoms with Gasteiger partial charge in [-0.05, 0) is 36.5 Å². The Balaban J connectivity index is 1.70. The molecule has 4 heteroatoms. The van der Waals surface area contributed by atoms with E-state index < -0.39 is 0 Å². The van der Waals surface area contributed by atoms with Crippen LogP contribution in [0.4, 0.5) is 0 Å². The van der Waals surface area contributed by atoms with Gasteiger partial charge < -0.3 is 9.88 Å². The quantitative estimate of drug-likeness (QED) is 0.859. The van der Waals surface area contributed by atoms with Crippen LogP contribution in [-0.4, -0.2) is 9.55 Å². The molecule has 0 radical (unpaired) electrons. The standard InChI is InChI=1S/C17H22ClN3/c1-12(2)17(13-3-5-14(18)6-4-13)20-10-16-9-19-11-21(16)15-7-8-15/h3-6,9,11-12,15,17,20H,7-8,10H2,1-2H3. The molecule has 1 saturated carbocycles. The minimum atomic E-state index is 0.324. The molecule has 1 aliphatic rings. The molecule has 112 valence electrons. The van der Waals surface area contributed by atoms with Crippen LogP contribution in [0.1, 0.15) is 50.0 Å². The summed E-state index contributed by atoms with van der Waals surface area (Å²) in [5, 5.41) is 4.46. The third-order valence-corrected chi connectivity index (χ3v) is 4.34. The summed E-state index contributed by atoms with van der Waals surface area (Å²) in [6.45, 7) is 5.33. The van der Waals surface area contributed by atoms with Crippen molar-refractivity contribution in [2.24, 2.45) is 5.92 Å². The zero-order chi connectivity index (χ0) is 14.8. The van der Waals surface area contributed by atoms with Gasteiger partial charge in [0, 0.05) is 29.8 Å². The SMILES string of the molecule is CC(C)C(NCc1cncn1C1CC1)c1ccc(Cl)cc1. The van der Waals surface area contributed by atoms with Crippen molar-refractivity contribution in [3.05, 3.63) is 53.1 Å². The molecule has 1 unspecified atom stereocenters. The summed E-state index contributed by atoms with van der Waals surface area (Å²) in [5.41, 5.74) is 2.56. The summed E-state index contributed by atoms with van der Waals surface area (Å²) in [5.74, 6) is 0.517. The van der Waals surface area contributed by atoms with Crippen molar-refractivity contribution >= 4 is 11.6 Å². The van der Waals surface area contributed by atoms with Crippen molar-refractivity contribution in [3.63, 3.8) is 0 Å². The number of halogens is 1. The van der Waals surface area contributed by atoms with Crippen molar-refractivity contribution in [1.82, 2.24) is 14.9 Å². The molecule has 2 aromatic rings. The molecule has 1 fully saturated rings. The molecule has 1 atom stereocenters. The Bertz CT molecular complexity index is 584. The van der Waals surface area contributed by atoms with Gasteiger partial charge in [-0.15, -0.1) is 0 Å². The van der Waals surface area contributed by atoms with Gasteiger partial charge >= 0.3 is 0 Å². The van der Waals surface area contributed by atoms with Crippen LogP contribution >= 0.6 is 11.6 Å². The first-order valence-corrected chi connectivity index (χ1v) is 8.02. The molecule has 0 saturated heterocycles. The van der Waals surface area contributed by atoms with E-state index in [1.165, 1.54) is 24.1 Å². The molecular weight excluding hydrogens is 282 g/mol. The molecule has 1 aliphatic carbocycles. The van der Waals surface area contributed by atoms with Gasteiger partial charge in [-0.1, -0.05) is 37.6 Å². The number of hydrogen-bond donors (Lipinski definition) is 1. The van der Waals surface area contributed by atoms with E-state index in [9.17, 15) is 0 Å². The molecule has 1 aromatic heterocycles. The Morgan fingerprint density at radius 1 is 1.29 bits per heavy atom. The number of benzene rings is 1. The number of nitrogens with one attached hydrogen (secondary N) is 1. The monoisotopic (exact) mass is 303 g/mol. The molecule has 0 aliphatic heterocycles. The maximum absolute atomic E-state index is 5.98. The van der Waals surface area contributed by atoms with Crippen LogP contribution in [-0.2, 0) is 6.54 Å². The molecule has 1 heterocycles. The summed E-state index contributed by atoms with van der Waals surface area (Å²) in [4.78, 5) is 4.30.